The number of hydrogen-bond acceptors (Lipinski definition) is 3. The maximum Gasteiger partial charge on any atom is 0.335 e. The average molecular weight is 293 g/mol. The minimum Gasteiger partial charge on any atom is -0.478 e. The molecule has 110 valence electrons. The SMILES string of the molecule is CCc1ccc(-c2cn(-c3ccc(C(=O)O)cc3)nn2)cc1. The number of aryl methyl sites for hydroxylation is 1. The molecule has 2 aromatic carbocycles. The zero-order valence-electron chi connectivity index (χ0n) is 12.1. The van der Waals surface area contributed by atoms with E-state index in [0.717, 1.165) is 23.4 Å². The summed E-state index contributed by atoms with van der Waals surface area (Å²) in [6.45, 7) is 2.12. The van der Waals surface area contributed by atoms with Crippen molar-refractivity contribution in [3.05, 3.63) is 65.9 Å². The molecule has 0 saturated carbocycles. The van der Waals surface area contributed by atoms with Gasteiger partial charge in [0.15, 0.2) is 0 Å². The summed E-state index contributed by atoms with van der Waals surface area (Å²) in [5.41, 5.74) is 4.09. The van der Waals surface area contributed by atoms with Gasteiger partial charge in [-0.3, -0.25) is 0 Å². The Morgan fingerprint density at radius 1 is 1.09 bits per heavy atom. The molecule has 0 aliphatic carbocycles. The van der Waals surface area contributed by atoms with Crippen LogP contribution in [0.3, 0.4) is 0 Å². The largest absolute Gasteiger partial charge is 0.478 e. The van der Waals surface area contributed by atoms with Crippen molar-refractivity contribution in [1.82, 2.24) is 15.0 Å². The second-order valence-corrected chi connectivity index (χ2v) is 4.95. The van der Waals surface area contributed by atoms with Crippen LogP contribution in [0.1, 0.15) is 22.8 Å². The van der Waals surface area contributed by atoms with Crippen LogP contribution in [0.15, 0.2) is 54.7 Å². The Hall–Kier alpha value is -2.95. The van der Waals surface area contributed by atoms with Gasteiger partial charge >= 0.3 is 5.97 Å². The zero-order chi connectivity index (χ0) is 15.5. The molecule has 5 heteroatoms. The number of hydrogen-bond donors (Lipinski definition) is 1. The predicted octanol–water partition coefficient (Wildman–Crippen LogP) is 3.19. The maximum atomic E-state index is 10.9. The van der Waals surface area contributed by atoms with Gasteiger partial charge in [-0.25, -0.2) is 9.48 Å². The van der Waals surface area contributed by atoms with Gasteiger partial charge in [0, 0.05) is 5.56 Å². The molecule has 0 atom stereocenters. The summed E-state index contributed by atoms with van der Waals surface area (Å²) >= 11 is 0. The minimum atomic E-state index is -0.943. The molecule has 0 aliphatic rings. The first kappa shape index (κ1) is 14.0. The van der Waals surface area contributed by atoms with Crippen LogP contribution in [0, 0.1) is 0 Å². The van der Waals surface area contributed by atoms with E-state index >= 15 is 0 Å². The van der Waals surface area contributed by atoms with Crippen LogP contribution in [0.5, 0.6) is 0 Å². The minimum absolute atomic E-state index is 0.249. The van der Waals surface area contributed by atoms with Crippen molar-refractivity contribution < 1.29 is 9.90 Å². The predicted molar refractivity (Wildman–Crippen MR) is 83.1 cm³/mol. The summed E-state index contributed by atoms with van der Waals surface area (Å²) in [7, 11) is 0. The number of carbonyl (C=O) groups is 1. The molecule has 0 saturated heterocycles. The molecule has 5 nitrogen and oxygen atoms in total. The maximum absolute atomic E-state index is 10.9. The fourth-order valence-electron chi connectivity index (χ4n) is 2.19. The first-order chi connectivity index (χ1) is 10.7. The van der Waals surface area contributed by atoms with Crippen molar-refractivity contribution in [3.8, 4) is 16.9 Å². The van der Waals surface area contributed by atoms with Crippen LogP contribution >= 0.6 is 0 Å². The summed E-state index contributed by atoms with van der Waals surface area (Å²) in [5.74, 6) is -0.943. The molecule has 0 radical (unpaired) electrons. The molecule has 3 aromatic rings. The van der Waals surface area contributed by atoms with E-state index < -0.39 is 5.97 Å². The lowest BCUT2D eigenvalue weighted by molar-refractivity contribution is 0.0697. The number of nitrogens with zero attached hydrogens (tertiary/aromatic N) is 3. The third-order valence-electron chi connectivity index (χ3n) is 3.53. The van der Waals surface area contributed by atoms with Gasteiger partial charge < -0.3 is 5.11 Å². The third kappa shape index (κ3) is 2.74. The van der Waals surface area contributed by atoms with Crippen LogP contribution < -0.4 is 0 Å². The van der Waals surface area contributed by atoms with Crippen molar-refractivity contribution in [2.45, 2.75) is 13.3 Å². The number of aromatic nitrogens is 3. The van der Waals surface area contributed by atoms with Gasteiger partial charge in [0.05, 0.1) is 17.4 Å². The number of carboxylic acid groups (broad SMARTS) is 1. The Kier molecular flexibility index (Phi) is 3.70. The zero-order valence-corrected chi connectivity index (χ0v) is 12.1. The number of carboxylic acids is 1. The summed E-state index contributed by atoms with van der Waals surface area (Å²) in [6, 6.07) is 14.7. The lowest BCUT2D eigenvalue weighted by Gasteiger charge is -2.00. The van der Waals surface area contributed by atoms with E-state index in [2.05, 4.69) is 29.4 Å². The van der Waals surface area contributed by atoms with Crippen LogP contribution in [0.25, 0.3) is 16.9 Å². The molecular weight excluding hydrogens is 278 g/mol. The van der Waals surface area contributed by atoms with Crippen molar-refractivity contribution in [2.75, 3.05) is 0 Å². The Morgan fingerprint density at radius 2 is 1.77 bits per heavy atom. The summed E-state index contributed by atoms with van der Waals surface area (Å²) in [5, 5.41) is 17.2. The summed E-state index contributed by atoms with van der Waals surface area (Å²) < 4.78 is 1.63. The van der Waals surface area contributed by atoms with Crippen molar-refractivity contribution in [3.63, 3.8) is 0 Å². The molecule has 0 bridgehead atoms. The lowest BCUT2D eigenvalue weighted by atomic mass is 10.1. The van der Waals surface area contributed by atoms with Crippen LogP contribution in [-0.4, -0.2) is 26.1 Å². The smallest absolute Gasteiger partial charge is 0.335 e. The molecule has 22 heavy (non-hydrogen) atoms. The first-order valence-corrected chi connectivity index (χ1v) is 7.03. The number of rotatable bonds is 4. The fraction of sp³-hybridized carbons (Fsp3) is 0.118. The van der Waals surface area contributed by atoms with Gasteiger partial charge in [-0.15, -0.1) is 5.10 Å². The number of benzene rings is 2. The molecular formula is C17H15N3O2. The topological polar surface area (TPSA) is 68.0 Å². The Labute approximate surface area is 127 Å². The van der Waals surface area contributed by atoms with E-state index in [1.54, 1.807) is 28.9 Å². The first-order valence-electron chi connectivity index (χ1n) is 7.03. The monoisotopic (exact) mass is 293 g/mol. The fourth-order valence-corrected chi connectivity index (χ4v) is 2.19. The van der Waals surface area contributed by atoms with Gasteiger partial charge in [0.25, 0.3) is 0 Å². The average Bonchev–Trinajstić information content (AvgIpc) is 3.05. The van der Waals surface area contributed by atoms with E-state index in [1.807, 2.05) is 18.3 Å². The molecule has 1 heterocycles. The Bertz CT molecular complexity index is 790. The number of aromatic carboxylic acids is 1. The summed E-state index contributed by atoms with van der Waals surface area (Å²) in [6.07, 6.45) is 2.83. The van der Waals surface area contributed by atoms with Gasteiger partial charge in [-0.05, 0) is 36.2 Å². The standard InChI is InChI=1S/C17H15N3O2/c1-2-12-3-5-13(6-4-12)16-11-20(19-18-16)15-9-7-14(8-10-15)17(21)22/h3-11H,2H2,1H3,(H,21,22). The highest BCUT2D eigenvalue weighted by Gasteiger charge is 2.07. The van der Waals surface area contributed by atoms with Gasteiger partial charge in [-0.1, -0.05) is 36.4 Å². The highest BCUT2D eigenvalue weighted by atomic mass is 16.4. The molecule has 0 unspecified atom stereocenters. The van der Waals surface area contributed by atoms with E-state index in [0.29, 0.717) is 0 Å². The van der Waals surface area contributed by atoms with Crippen molar-refractivity contribution in [2.24, 2.45) is 0 Å². The third-order valence-corrected chi connectivity index (χ3v) is 3.53. The molecule has 3 rings (SSSR count). The van der Waals surface area contributed by atoms with Crippen molar-refractivity contribution >= 4 is 5.97 Å². The van der Waals surface area contributed by atoms with Crippen LogP contribution in [0.2, 0.25) is 0 Å². The Balaban J connectivity index is 1.87. The van der Waals surface area contributed by atoms with Crippen molar-refractivity contribution in [1.29, 1.82) is 0 Å². The van der Waals surface area contributed by atoms with Gasteiger partial charge in [0.1, 0.15) is 5.69 Å². The highest BCUT2D eigenvalue weighted by molar-refractivity contribution is 5.87. The normalized spacial score (nSPS) is 10.6. The van der Waals surface area contributed by atoms with E-state index in [9.17, 15) is 4.79 Å². The second-order valence-electron chi connectivity index (χ2n) is 4.95. The molecule has 0 spiro atoms. The lowest BCUT2D eigenvalue weighted by Crippen LogP contribution is -1.98. The van der Waals surface area contributed by atoms with E-state index in [-0.39, 0.29) is 5.56 Å². The Morgan fingerprint density at radius 3 is 2.36 bits per heavy atom. The van der Waals surface area contributed by atoms with Gasteiger partial charge in [0.2, 0.25) is 0 Å². The molecule has 1 N–H and O–H groups in total. The van der Waals surface area contributed by atoms with Gasteiger partial charge in [-0.2, -0.15) is 0 Å². The van der Waals surface area contributed by atoms with Crippen LogP contribution in [0.4, 0.5) is 0 Å². The molecule has 0 aliphatic heterocycles. The quantitative estimate of drug-likeness (QED) is 0.802. The van der Waals surface area contributed by atoms with E-state index in [1.165, 1.54) is 5.56 Å². The molecule has 1 aromatic heterocycles. The summed E-state index contributed by atoms with van der Waals surface area (Å²) in [4.78, 5) is 10.9. The van der Waals surface area contributed by atoms with Crippen LogP contribution in [-0.2, 0) is 6.42 Å². The second kappa shape index (κ2) is 5.81. The molecule has 0 fully saturated rings. The van der Waals surface area contributed by atoms with E-state index in [4.69, 9.17) is 5.11 Å². The molecule has 0 amide bonds. The highest BCUT2D eigenvalue weighted by Crippen LogP contribution is 2.19.